The minimum Gasteiger partial charge on any atom is -0.422 e. The fourth-order valence-electron chi connectivity index (χ4n) is 3.09. The van der Waals surface area contributed by atoms with Gasteiger partial charge in [-0.2, -0.15) is 0 Å². The van der Waals surface area contributed by atoms with Crippen LogP contribution in [-0.4, -0.2) is 45.7 Å². The zero-order chi connectivity index (χ0) is 19.0. The Labute approximate surface area is 155 Å². The van der Waals surface area contributed by atoms with Crippen molar-refractivity contribution in [3.63, 3.8) is 0 Å². The number of amides is 1. The van der Waals surface area contributed by atoms with E-state index in [0.717, 1.165) is 5.39 Å². The molecule has 1 atom stereocenters. The molecule has 0 saturated carbocycles. The molecule has 1 aromatic carbocycles. The standard InChI is InChI=1S/C19H20N4O4/c1-11(2)17-21-22-18(27-17)15-10-23(7-8-26-15)19(25)14-9-12-5-3-4-6-13(12)16(24)20-14/h3-6,9,11,15H,7-8,10H2,1-2H3,(H,20,24). The van der Waals surface area contributed by atoms with Crippen LogP contribution < -0.4 is 5.56 Å². The van der Waals surface area contributed by atoms with Gasteiger partial charge >= 0.3 is 0 Å². The van der Waals surface area contributed by atoms with Crippen molar-refractivity contribution in [2.45, 2.75) is 25.9 Å². The first-order chi connectivity index (χ1) is 13.0. The third-order valence-corrected chi connectivity index (χ3v) is 4.56. The van der Waals surface area contributed by atoms with Gasteiger partial charge in [0.1, 0.15) is 5.69 Å². The number of H-pyrrole nitrogens is 1. The van der Waals surface area contributed by atoms with Gasteiger partial charge in [-0.3, -0.25) is 9.59 Å². The van der Waals surface area contributed by atoms with Gasteiger partial charge in [0, 0.05) is 17.8 Å². The fourth-order valence-corrected chi connectivity index (χ4v) is 3.09. The third kappa shape index (κ3) is 3.35. The number of carbonyl (C=O) groups excluding carboxylic acids is 1. The van der Waals surface area contributed by atoms with Gasteiger partial charge < -0.3 is 19.0 Å². The second-order valence-corrected chi connectivity index (χ2v) is 6.84. The summed E-state index contributed by atoms with van der Waals surface area (Å²) in [7, 11) is 0. The van der Waals surface area contributed by atoms with E-state index in [-0.39, 0.29) is 29.6 Å². The number of carbonyl (C=O) groups is 1. The Bertz CT molecular complexity index is 1040. The molecule has 8 nitrogen and oxygen atoms in total. The Morgan fingerprint density at radius 1 is 1.30 bits per heavy atom. The first kappa shape index (κ1) is 17.4. The van der Waals surface area contributed by atoms with Gasteiger partial charge in [-0.25, -0.2) is 0 Å². The number of aromatic nitrogens is 3. The first-order valence-corrected chi connectivity index (χ1v) is 8.89. The number of hydrogen-bond donors (Lipinski definition) is 1. The summed E-state index contributed by atoms with van der Waals surface area (Å²) in [5, 5.41) is 9.35. The maximum atomic E-state index is 12.9. The molecular formula is C19H20N4O4. The van der Waals surface area contributed by atoms with Crippen molar-refractivity contribution in [3.8, 4) is 0 Å². The van der Waals surface area contributed by atoms with E-state index in [1.165, 1.54) is 0 Å². The van der Waals surface area contributed by atoms with Crippen molar-refractivity contribution in [1.82, 2.24) is 20.1 Å². The summed E-state index contributed by atoms with van der Waals surface area (Å²) in [5.74, 6) is 0.768. The maximum Gasteiger partial charge on any atom is 0.270 e. The van der Waals surface area contributed by atoms with Gasteiger partial charge in [0.25, 0.3) is 11.5 Å². The second kappa shape index (κ2) is 6.96. The normalized spacial score (nSPS) is 17.6. The largest absolute Gasteiger partial charge is 0.422 e. The molecule has 8 heteroatoms. The molecular weight excluding hydrogens is 348 g/mol. The van der Waals surface area contributed by atoms with Gasteiger partial charge in [-0.05, 0) is 17.5 Å². The Hall–Kier alpha value is -3.00. The lowest BCUT2D eigenvalue weighted by atomic mass is 10.1. The van der Waals surface area contributed by atoms with E-state index in [1.54, 1.807) is 23.1 Å². The second-order valence-electron chi connectivity index (χ2n) is 6.84. The van der Waals surface area contributed by atoms with E-state index in [2.05, 4.69) is 15.2 Å². The van der Waals surface area contributed by atoms with Crippen molar-refractivity contribution < 1.29 is 13.9 Å². The Morgan fingerprint density at radius 2 is 2.11 bits per heavy atom. The van der Waals surface area contributed by atoms with Gasteiger partial charge in [-0.1, -0.05) is 32.0 Å². The molecule has 4 rings (SSSR count). The molecule has 1 aliphatic rings. The topological polar surface area (TPSA) is 101 Å². The zero-order valence-corrected chi connectivity index (χ0v) is 15.1. The molecule has 140 valence electrons. The number of hydrogen-bond acceptors (Lipinski definition) is 6. The third-order valence-electron chi connectivity index (χ3n) is 4.56. The molecule has 1 N–H and O–H groups in total. The number of rotatable bonds is 3. The summed E-state index contributed by atoms with van der Waals surface area (Å²) in [4.78, 5) is 29.5. The van der Waals surface area contributed by atoms with Gasteiger partial charge in [0.2, 0.25) is 11.8 Å². The number of morpholine rings is 1. The maximum absolute atomic E-state index is 12.9. The van der Waals surface area contributed by atoms with Gasteiger partial charge in [0.05, 0.1) is 13.2 Å². The monoisotopic (exact) mass is 368 g/mol. The predicted octanol–water partition coefficient (Wildman–Crippen LogP) is 2.25. The van der Waals surface area contributed by atoms with Crippen LogP contribution in [0, 0.1) is 0 Å². The van der Waals surface area contributed by atoms with Crippen molar-refractivity contribution in [2.75, 3.05) is 19.7 Å². The first-order valence-electron chi connectivity index (χ1n) is 8.89. The van der Waals surface area contributed by atoms with Crippen molar-refractivity contribution in [2.24, 2.45) is 0 Å². The molecule has 3 aromatic rings. The molecule has 0 spiro atoms. The summed E-state index contributed by atoms with van der Waals surface area (Å²) in [6.07, 6.45) is -0.477. The van der Waals surface area contributed by atoms with Crippen molar-refractivity contribution in [3.05, 3.63) is 58.2 Å². The summed E-state index contributed by atoms with van der Waals surface area (Å²) in [5.41, 5.74) is -0.0208. The molecule has 3 heterocycles. The van der Waals surface area contributed by atoms with Gasteiger partial charge in [-0.15, -0.1) is 10.2 Å². The summed E-state index contributed by atoms with van der Waals surface area (Å²) in [6, 6.07) is 8.88. The molecule has 1 amide bonds. The van der Waals surface area contributed by atoms with E-state index in [1.807, 2.05) is 26.0 Å². The van der Waals surface area contributed by atoms with E-state index in [9.17, 15) is 9.59 Å². The van der Waals surface area contributed by atoms with Crippen LogP contribution in [-0.2, 0) is 4.74 Å². The SMILES string of the molecule is CC(C)c1nnc(C2CN(C(=O)c3cc4ccccc4c(=O)[nH]3)CCO2)o1. The lowest BCUT2D eigenvalue weighted by Gasteiger charge is -2.31. The van der Waals surface area contributed by atoms with Crippen LogP contribution in [0.5, 0.6) is 0 Å². The highest BCUT2D eigenvalue weighted by Crippen LogP contribution is 2.24. The predicted molar refractivity (Wildman–Crippen MR) is 97.6 cm³/mol. The lowest BCUT2D eigenvalue weighted by Crippen LogP contribution is -2.43. The number of aromatic amines is 1. The summed E-state index contributed by atoms with van der Waals surface area (Å²) >= 11 is 0. The Kier molecular flexibility index (Phi) is 4.49. The molecule has 2 aromatic heterocycles. The highest BCUT2D eigenvalue weighted by Gasteiger charge is 2.30. The van der Waals surface area contributed by atoms with E-state index >= 15 is 0 Å². The van der Waals surface area contributed by atoms with E-state index in [4.69, 9.17) is 9.15 Å². The number of fused-ring (bicyclic) bond motifs is 1. The molecule has 0 aliphatic carbocycles. The van der Waals surface area contributed by atoms with E-state index in [0.29, 0.717) is 30.3 Å². The molecule has 27 heavy (non-hydrogen) atoms. The van der Waals surface area contributed by atoms with Crippen molar-refractivity contribution >= 4 is 16.7 Å². The lowest BCUT2D eigenvalue weighted by molar-refractivity contribution is -0.0352. The van der Waals surface area contributed by atoms with E-state index < -0.39 is 6.10 Å². The van der Waals surface area contributed by atoms with Crippen LogP contribution in [0.2, 0.25) is 0 Å². The number of ether oxygens (including phenoxy) is 1. The molecule has 0 radical (unpaired) electrons. The molecule has 1 unspecified atom stereocenters. The zero-order valence-electron chi connectivity index (χ0n) is 15.1. The average molecular weight is 368 g/mol. The van der Waals surface area contributed by atoms with Crippen LogP contribution in [0.4, 0.5) is 0 Å². The molecule has 1 aliphatic heterocycles. The Morgan fingerprint density at radius 3 is 2.89 bits per heavy atom. The smallest absolute Gasteiger partial charge is 0.270 e. The number of nitrogens with zero attached hydrogens (tertiary/aromatic N) is 3. The molecule has 0 bridgehead atoms. The number of benzene rings is 1. The average Bonchev–Trinajstić information content (AvgIpc) is 3.18. The summed E-state index contributed by atoms with van der Waals surface area (Å²) < 4.78 is 11.4. The minimum atomic E-state index is -0.477. The molecule has 1 fully saturated rings. The van der Waals surface area contributed by atoms with Crippen LogP contribution in [0.1, 0.15) is 48.1 Å². The number of pyridine rings is 1. The van der Waals surface area contributed by atoms with Crippen LogP contribution in [0.25, 0.3) is 10.8 Å². The van der Waals surface area contributed by atoms with Crippen LogP contribution in [0.15, 0.2) is 39.5 Å². The number of nitrogens with one attached hydrogen (secondary N) is 1. The highest BCUT2D eigenvalue weighted by molar-refractivity contribution is 5.96. The Balaban J connectivity index is 1.57. The molecule has 1 saturated heterocycles. The quantitative estimate of drug-likeness (QED) is 0.761. The summed E-state index contributed by atoms with van der Waals surface area (Å²) in [6.45, 7) is 4.99. The van der Waals surface area contributed by atoms with Gasteiger partial charge in [0.15, 0.2) is 6.10 Å². The minimum absolute atomic E-state index is 0.121. The fraction of sp³-hybridized carbons (Fsp3) is 0.368. The van der Waals surface area contributed by atoms with Crippen LogP contribution in [0.3, 0.4) is 0 Å². The highest BCUT2D eigenvalue weighted by atomic mass is 16.5. The van der Waals surface area contributed by atoms with Crippen molar-refractivity contribution in [1.29, 1.82) is 0 Å². The van der Waals surface area contributed by atoms with Crippen LogP contribution >= 0.6 is 0 Å².